The number of nitrogen functional groups attached to an aromatic ring is 1. The quantitative estimate of drug-likeness (QED) is 0.712. The zero-order chi connectivity index (χ0) is 11.6. The van der Waals surface area contributed by atoms with Crippen LogP contribution in [0.15, 0.2) is 0 Å². The Morgan fingerprint density at radius 3 is 3.12 bits per heavy atom. The molecule has 7 heteroatoms. The van der Waals surface area contributed by atoms with E-state index >= 15 is 0 Å². The van der Waals surface area contributed by atoms with E-state index in [-0.39, 0.29) is 22.4 Å². The molecular formula is C9H15N5OS. The highest BCUT2D eigenvalue weighted by Gasteiger charge is 2.30. The molecule has 1 saturated heterocycles. The van der Waals surface area contributed by atoms with Gasteiger partial charge >= 0.3 is 0 Å². The Morgan fingerprint density at radius 1 is 1.75 bits per heavy atom. The molecule has 1 aliphatic heterocycles. The lowest BCUT2D eigenvalue weighted by Gasteiger charge is -2.22. The predicted molar refractivity (Wildman–Crippen MR) is 63.2 cm³/mol. The molecule has 1 unspecified atom stereocenters. The van der Waals surface area contributed by atoms with Gasteiger partial charge in [-0.15, -0.1) is 5.10 Å². The van der Waals surface area contributed by atoms with Gasteiger partial charge in [-0.2, -0.15) is 16.7 Å². The number of aromatic amines is 1. The van der Waals surface area contributed by atoms with Gasteiger partial charge in [-0.1, -0.05) is 0 Å². The summed E-state index contributed by atoms with van der Waals surface area (Å²) in [5, 5.41) is 8.94. The fourth-order valence-electron chi connectivity index (χ4n) is 1.70. The average Bonchev–Trinajstić information content (AvgIpc) is 2.85. The summed E-state index contributed by atoms with van der Waals surface area (Å²) in [6.07, 6.45) is 2.35. The number of aromatic nitrogens is 3. The number of hydrogen-bond donors (Lipinski definition) is 3. The molecule has 0 aromatic carbocycles. The third kappa shape index (κ3) is 2.46. The summed E-state index contributed by atoms with van der Waals surface area (Å²) in [6, 6.07) is 0. The number of carbonyl (C=O) groups excluding carboxylic acids is 1. The molecule has 1 fully saturated rings. The molecule has 0 aliphatic carbocycles. The summed E-state index contributed by atoms with van der Waals surface area (Å²) in [6.45, 7) is 2.82. The molecular weight excluding hydrogens is 226 g/mol. The molecule has 1 aromatic heterocycles. The van der Waals surface area contributed by atoms with Crippen LogP contribution in [0, 0.1) is 0 Å². The summed E-state index contributed by atoms with van der Waals surface area (Å²) in [5.74, 6) is 1.18. The summed E-state index contributed by atoms with van der Waals surface area (Å²) >= 11 is 1.90. The molecule has 4 N–H and O–H groups in total. The Bertz CT molecular complexity index is 385. The molecule has 0 radical (unpaired) electrons. The normalized spacial score (nSPS) is 24.6. The van der Waals surface area contributed by atoms with Crippen LogP contribution in [0.3, 0.4) is 0 Å². The lowest BCUT2D eigenvalue weighted by Crippen LogP contribution is -2.37. The van der Waals surface area contributed by atoms with Crippen molar-refractivity contribution in [2.24, 2.45) is 0 Å². The first-order chi connectivity index (χ1) is 7.59. The standard InChI is InChI=1S/C9H15N5OS/c1-9(3-2-4-16-9)5-11-7(15)6-12-8(10)14-13-6/h2-5H2,1H3,(H,11,15)(H3,10,12,13,14). The number of nitrogens with two attached hydrogens (primary N) is 1. The van der Waals surface area contributed by atoms with Gasteiger partial charge in [-0.25, -0.2) is 0 Å². The number of amides is 1. The van der Waals surface area contributed by atoms with Gasteiger partial charge in [0.15, 0.2) is 0 Å². The second-order valence-electron chi connectivity index (χ2n) is 4.13. The van der Waals surface area contributed by atoms with Crippen LogP contribution in [0.4, 0.5) is 5.95 Å². The average molecular weight is 241 g/mol. The first-order valence-corrected chi connectivity index (χ1v) is 6.18. The van der Waals surface area contributed by atoms with E-state index in [1.165, 1.54) is 12.2 Å². The topological polar surface area (TPSA) is 96.7 Å². The molecule has 1 aliphatic rings. The van der Waals surface area contributed by atoms with Crippen molar-refractivity contribution in [2.45, 2.75) is 24.5 Å². The molecule has 88 valence electrons. The number of thioether (sulfide) groups is 1. The maximum Gasteiger partial charge on any atom is 0.288 e. The van der Waals surface area contributed by atoms with Gasteiger partial charge in [-0.05, 0) is 25.5 Å². The first-order valence-electron chi connectivity index (χ1n) is 5.19. The number of H-pyrrole nitrogens is 1. The Hall–Kier alpha value is -1.24. The highest BCUT2D eigenvalue weighted by molar-refractivity contribution is 8.00. The van der Waals surface area contributed by atoms with E-state index in [0.717, 1.165) is 6.42 Å². The fraction of sp³-hybridized carbons (Fsp3) is 0.667. The minimum atomic E-state index is -0.252. The Labute approximate surface area is 97.8 Å². The van der Waals surface area contributed by atoms with Gasteiger partial charge in [0, 0.05) is 11.3 Å². The molecule has 2 rings (SSSR count). The van der Waals surface area contributed by atoms with E-state index in [9.17, 15) is 4.79 Å². The minimum absolute atomic E-state index is 0.0894. The zero-order valence-electron chi connectivity index (χ0n) is 9.12. The van der Waals surface area contributed by atoms with E-state index in [4.69, 9.17) is 5.73 Å². The van der Waals surface area contributed by atoms with E-state index in [0.29, 0.717) is 6.54 Å². The van der Waals surface area contributed by atoms with Crippen LogP contribution in [-0.2, 0) is 0 Å². The zero-order valence-corrected chi connectivity index (χ0v) is 9.93. The third-order valence-electron chi connectivity index (χ3n) is 2.64. The van der Waals surface area contributed by atoms with Crippen molar-refractivity contribution < 1.29 is 4.79 Å². The van der Waals surface area contributed by atoms with E-state index < -0.39 is 0 Å². The minimum Gasteiger partial charge on any atom is -0.366 e. The molecule has 0 spiro atoms. The maximum atomic E-state index is 11.6. The van der Waals surface area contributed by atoms with Gasteiger partial charge in [0.2, 0.25) is 11.8 Å². The molecule has 1 atom stereocenters. The summed E-state index contributed by atoms with van der Waals surface area (Å²) in [5.41, 5.74) is 5.32. The second-order valence-corrected chi connectivity index (χ2v) is 5.81. The Morgan fingerprint density at radius 2 is 2.56 bits per heavy atom. The fourth-order valence-corrected chi connectivity index (χ4v) is 2.95. The molecule has 16 heavy (non-hydrogen) atoms. The van der Waals surface area contributed by atoms with E-state index in [2.05, 4.69) is 27.4 Å². The number of hydrogen-bond acceptors (Lipinski definition) is 5. The predicted octanol–water partition coefficient (Wildman–Crippen LogP) is 0.402. The van der Waals surface area contributed by atoms with Crippen LogP contribution in [0.5, 0.6) is 0 Å². The summed E-state index contributed by atoms with van der Waals surface area (Å²) in [7, 11) is 0. The van der Waals surface area contributed by atoms with Gasteiger partial charge in [-0.3, -0.25) is 9.89 Å². The SMILES string of the molecule is CC1(CNC(=O)c2nc(N)n[nH]2)CCCS1. The number of anilines is 1. The van der Waals surface area contributed by atoms with Gasteiger partial charge in [0.25, 0.3) is 5.91 Å². The highest BCUT2D eigenvalue weighted by atomic mass is 32.2. The number of nitrogens with one attached hydrogen (secondary N) is 2. The molecule has 2 heterocycles. The van der Waals surface area contributed by atoms with Crippen molar-refractivity contribution in [3.8, 4) is 0 Å². The van der Waals surface area contributed by atoms with Gasteiger partial charge in [0.05, 0.1) is 0 Å². The number of nitrogens with zero attached hydrogens (tertiary/aromatic N) is 2. The van der Waals surface area contributed by atoms with Crippen molar-refractivity contribution in [2.75, 3.05) is 18.0 Å². The highest BCUT2D eigenvalue weighted by Crippen LogP contribution is 2.36. The van der Waals surface area contributed by atoms with Crippen molar-refractivity contribution in [3.63, 3.8) is 0 Å². The van der Waals surface area contributed by atoms with Crippen LogP contribution < -0.4 is 11.1 Å². The van der Waals surface area contributed by atoms with Crippen LogP contribution in [0.25, 0.3) is 0 Å². The summed E-state index contributed by atoms with van der Waals surface area (Å²) < 4.78 is 0.154. The summed E-state index contributed by atoms with van der Waals surface area (Å²) in [4.78, 5) is 15.4. The molecule has 6 nitrogen and oxygen atoms in total. The smallest absolute Gasteiger partial charge is 0.288 e. The monoisotopic (exact) mass is 241 g/mol. The van der Waals surface area contributed by atoms with Crippen LogP contribution in [-0.4, -0.2) is 38.1 Å². The van der Waals surface area contributed by atoms with Gasteiger partial charge in [0.1, 0.15) is 0 Å². The second kappa shape index (κ2) is 4.32. The Balaban J connectivity index is 1.88. The number of rotatable bonds is 3. The van der Waals surface area contributed by atoms with Crippen LogP contribution >= 0.6 is 11.8 Å². The maximum absolute atomic E-state index is 11.6. The molecule has 1 aromatic rings. The largest absolute Gasteiger partial charge is 0.366 e. The molecule has 1 amide bonds. The van der Waals surface area contributed by atoms with Gasteiger partial charge < -0.3 is 11.1 Å². The Kier molecular flexibility index (Phi) is 3.04. The van der Waals surface area contributed by atoms with Crippen molar-refractivity contribution >= 4 is 23.6 Å². The number of carbonyl (C=O) groups is 1. The van der Waals surface area contributed by atoms with Crippen molar-refractivity contribution in [1.29, 1.82) is 0 Å². The first kappa shape index (κ1) is 11.3. The van der Waals surface area contributed by atoms with E-state index in [1.54, 1.807) is 0 Å². The van der Waals surface area contributed by atoms with E-state index in [1.807, 2.05) is 11.8 Å². The van der Waals surface area contributed by atoms with Crippen LogP contribution in [0.2, 0.25) is 0 Å². The van der Waals surface area contributed by atoms with Crippen LogP contribution in [0.1, 0.15) is 30.4 Å². The van der Waals surface area contributed by atoms with Crippen molar-refractivity contribution in [3.05, 3.63) is 5.82 Å². The molecule has 0 saturated carbocycles. The lowest BCUT2D eigenvalue weighted by molar-refractivity contribution is 0.0940. The molecule has 0 bridgehead atoms. The lowest BCUT2D eigenvalue weighted by atomic mass is 10.1. The third-order valence-corrected chi connectivity index (χ3v) is 4.18. The van der Waals surface area contributed by atoms with Crippen molar-refractivity contribution in [1.82, 2.24) is 20.5 Å².